The van der Waals surface area contributed by atoms with Crippen LogP contribution in [0.1, 0.15) is 57.0 Å². The maximum Gasteiger partial charge on any atom is 0.410 e. The van der Waals surface area contributed by atoms with Crippen LogP contribution in [-0.2, 0) is 16.0 Å². The Morgan fingerprint density at radius 3 is 2.47 bits per heavy atom. The lowest BCUT2D eigenvalue weighted by molar-refractivity contribution is -0.150. The molecule has 0 fully saturated rings. The monoisotopic (exact) mass is 469 g/mol. The lowest BCUT2D eigenvalue weighted by Crippen LogP contribution is -2.44. The molecule has 2 rings (SSSR count). The summed E-state index contributed by atoms with van der Waals surface area (Å²) in [5.74, 6) is -0.0609. The van der Waals surface area contributed by atoms with Crippen molar-refractivity contribution in [2.45, 2.75) is 59.2 Å². The topological polar surface area (TPSA) is 46.6 Å². The summed E-state index contributed by atoms with van der Waals surface area (Å²) in [6, 6.07) is 7.44. The standard InChI is InChI=1S/C24H30F3NO3S/c1-5-6-10-31-23(30)28(15-24(25,26)27)22(17(4)29)19-9-7-8-18(12-19)20-13-21(32-14-20)11-16(2)3/h7-9,12-14,16,22H,5-6,10-11,15H2,1-4H3. The molecule has 0 aliphatic rings. The van der Waals surface area contributed by atoms with Crippen LogP contribution in [-0.4, -0.2) is 36.1 Å². The number of Topliss-reactive ketones (excluding diaryl/α,β-unsaturated/α-hetero) is 1. The van der Waals surface area contributed by atoms with Gasteiger partial charge in [0.25, 0.3) is 0 Å². The second-order valence-electron chi connectivity index (χ2n) is 8.25. The molecule has 0 bridgehead atoms. The molecular formula is C24H30F3NO3S. The van der Waals surface area contributed by atoms with Crippen molar-refractivity contribution in [3.8, 4) is 11.1 Å². The number of halogens is 3. The molecule has 176 valence electrons. The van der Waals surface area contributed by atoms with Gasteiger partial charge in [0.05, 0.1) is 6.61 Å². The summed E-state index contributed by atoms with van der Waals surface area (Å²) in [4.78, 5) is 26.7. The number of carbonyl (C=O) groups is 2. The van der Waals surface area contributed by atoms with E-state index in [2.05, 4.69) is 19.9 Å². The highest BCUT2D eigenvalue weighted by Crippen LogP contribution is 2.32. The van der Waals surface area contributed by atoms with E-state index in [1.54, 1.807) is 29.5 Å². The molecule has 4 nitrogen and oxygen atoms in total. The quantitative estimate of drug-likeness (QED) is 0.351. The molecule has 0 aliphatic carbocycles. The van der Waals surface area contributed by atoms with Crippen LogP contribution in [0.3, 0.4) is 0 Å². The Hall–Kier alpha value is -2.35. The number of unbranched alkanes of at least 4 members (excludes halogenated alkanes) is 1. The molecule has 1 aromatic heterocycles. The largest absolute Gasteiger partial charge is 0.449 e. The molecule has 0 N–H and O–H groups in total. The highest BCUT2D eigenvalue weighted by atomic mass is 32.1. The number of ketones is 1. The van der Waals surface area contributed by atoms with E-state index < -0.39 is 30.6 Å². The Morgan fingerprint density at radius 2 is 1.88 bits per heavy atom. The molecule has 1 aromatic carbocycles. The van der Waals surface area contributed by atoms with E-state index in [-0.39, 0.29) is 6.61 Å². The third-order valence-corrected chi connectivity index (χ3v) is 5.76. The first-order chi connectivity index (χ1) is 15.0. The molecule has 0 radical (unpaired) electrons. The van der Waals surface area contributed by atoms with Crippen molar-refractivity contribution in [3.05, 3.63) is 46.2 Å². The zero-order valence-electron chi connectivity index (χ0n) is 18.9. The van der Waals surface area contributed by atoms with Gasteiger partial charge in [-0.2, -0.15) is 13.2 Å². The minimum absolute atomic E-state index is 0.00187. The third-order valence-electron chi connectivity index (χ3n) is 4.80. The van der Waals surface area contributed by atoms with Gasteiger partial charge in [-0.3, -0.25) is 9.69 Å². The number of alkyl halides is 3. The normalized spacial score (nSPS) is 12.6. The maximum atomic E-state index is 13.3. The van der Waals surface area contributed by atoms with Crippen LogP contribution < -0.4 is 0 Å². The summed E-state index contributed by atoms with van der Waals surface area (Å²) < 4.78 is 44.9. The summed E-state index contributed by atoms with van der Waals surface area (Å²) in [6.45, 7) is 5.76. The van der Waals surface area contributed by atoms with E-state index in [1.807, 2.05) is 18.4 Å². The zero-order valence-corrected chi connectivity index (χ0v) is 19.7. The van der Waals surface area contributed by atoms with Crippen LogP contribution in [0.25, 0.3) is 11.1 Å². The molecular weight excluding hydrogens is 439 g/mol. The number of hydrogen-bond donors (Lipinski definition) is 0. The Labute approximate surface area is 191 Å². The van der Waals surface area contributed by atoms with Gasteiger partial charge >= 0.3 is 12.3 Å². The third kappa shape index (κ3) is 7.65. The van der Waals surface area contributed by atoms with Crippen molar-refractivity contribution in [2.24, 2.45) is 5.92 Å². The lowest BCUT2D eigenvalue weighted by atomic mass is 9.97. The number of rotatable bonds is 10. The van der Waals surface area contributed by atoms with Crippen LogP contribution in [0.5, 0.6) is 0 Å². The highest BCUT2D eigenvalue weighted by Gasteiger charge is 2.39. The van der Waals surface area contributed by atoms with Crippen molar-refractivity contribution >= 4 is 23.2 Å². The minimum Gasteiger partial charge on any atom is -0.449 e. The van der Waals surface area contributed by atoms with E-state index in [0.29, 0.717) is 22.8 Å². The first-order valence-electron chi connectivity index (χ1n) is 10.7. The van der Waals surface area contributed by atoms with Crippen molar-refractivity contribution in [3.63, 3.8) is 0 Å². The highest BCUT2D eigenvalue weighted by molar-refractivity contribution is 7.10. The maximum absolute atomic E-state index is 13.3. The van der Waals surface area contributed by atoms with Gasteiger partial charge in [-0.05, 0) is 59.9 Å². The van der Waals surface area contributed by atoms with Crippen LogP contribution in [0.15, 0.2) is 35.7 Å². The number of amides is 1. The van der Waals surface area contributed by atoms with E-state index in [4.69, 9.17) is 4.74 Å². The summed E-state index contributed by atoms with van der Waals surface area (Å²) in [6.07, 6.45) is -3.62. The number of benzene rings is 1. The molecule has 0 saturated carbocycles. The predicted molar refractivity (Wildman–Crippen MR) is 121 cm³/mol. The molecule has 1 amide bonds. The minimum atomic E-state index is -4.67. The van der Waals surface area contributed by atoms with Gasteiger partial charge in [-0.25, -0.2) is 4.79 Å². The van der Waals surface area contributed by atoms with E-state index >= 15 is 0 Å². The number of thiophene rings is 1. The zero-order chi connectivity index (χ0) is 23.9. The van der Waals surface area contributed by atoms with E-state index in [0.717, 1.165) is 24.0 Å². The number of hydrogen-bond acceptors (Lipinski definition) is 4. The van der Waals surface area contributed by atoms with E-state index in [9.17, 15) is 22.8 Å². The number of carbonyl (C=O) groups excluding carboxylic acids is 2. The average molecular weight is 470 g/mol. The van der Waals surface area contributed by atoms with Crippen LogP contribution in [0.2, 0.25) is 0 Å². The molecule has 1 unspecified atom stereocenters. The fraction of sp³-hybridized carbons (Fsp3) is 0.500. The van der Waals surface area contributed by atoms with Gasteiger partial charge in [0.2, 0.25) is 0 Å². The summed E-state index contributed by atoms with van der Waals surface area (Å²) >= 11 is 1.62. The Balaban J connectivity index is 2.39. The molecule has 0 spiro atoms. The van der Waals surface area contributed by atoms with Crippen molar-refractivity contribution in [2.75, 3.05) is 13.2 Å². The van der Waals surface area contributed by atoms with Crippen molar-refractivity contribution in [1.82, 2.24) is 4.90 Å². The van der Waals surface area contributed by atoms with Gasteiger partial charge in [0.1, 0.15) is 12.6 Å². The smallest absolute Gasteiger partial charge is 0.410 e. The molecule has 32 heavy (non-hydrogen) atoms. The van der Waals surface area contributed by atoms with Gasteiger partial charge in [-0.1, -0.05) is 45.4 Å². The van der Waals surface area contributed by atoms with Crippen molar-refractivity contribution in [1.29, 1.82) is 0 Å². The molecule has 2 aromatic rings. The summed E-state index contributed by atoms with van der Waals surface area (Å²) in [5.41, 5.74) is 2.04. The molecule has 1 heterocycles. The van der Waals surface area contributed by atoms with Gasteiger partial charge < -0.3 is 4.74 Å². The van der Waals surface area contributed by atoms with Gasteiger partial charge in [0, 0.05) is 4.88 Å². The van der Waals surface area contributed by atoms with E-state index in [1.165, 1.54) is 11.8 Å². The lowest BCUT2D eigenvalue weighted by Gasteiger charge is -2.30. The summed E-state index contributed by atoms with van der Waals surface area (Å²) in [5, 5.41) is 1.99. The summed E-state index contributed by atoms with van der Waals surface area (Å²) in [7, 11) is 0. The Morgan fingerprint density at radius 1 is 1.16 bits per heavy atom. The fourth-order valence-electron chi connectivity index (χ4n) is 3.40. The second-order valence-corrected chi connectivity index (χ2v) is 9.25. The number of nitrogens with zero attached hydrogens (tertiary/aromatic N) is 1. The van der Waals surface area contributed by atoms with Gasteiger partial charge in [0.15, 0.2) is 5.78 Å². The average Bonchev–Trinajstić information content (AvgIpc) is 3.14. The first kappa shape index (κ1) is 25.9. The van der Waals surface area contributed by atoms with Crippen LogP contribution in [0.4, 0.5) is 18.0 Å². The van der Waals surface area contributed by atoms with Gasteiger partial charge in [-0.15, -0.1) is 11.3 Å². The van der Waals surface area contributed by atoms with Crippen molar-refractivity contribution < 1.29 is 27.5 Å². The molecule has 1 atom stereocenters. The predicted octanol–water partition coefficient (Wildman–Crippen LogP) is 7.04. The van der Waals surface area contributed by atoms with Crippen LogP contribution in [0, 0.1) is 5.92 Å². The molecule has 8 heteroatoms. The fourth-order valence-corrected chi connectivity index (χ4v) is 4.51. The SMILES string of the molecule is CCCCOC(=O)N(CC(F)(F)F)C(C(C)=O)c1cccc(-c2csc(CC(C)C)c2)c1. The molecule has 0 saturated heterocycles. The second kappa shape index (κ2) is 11.5. The Kier molecular flexibility index (Phi) is 9.31. The van der Waals surface area contributed by atoms with Crippen LogP contribution >= 0.6 is 11.3 Å². The number of ether oxygens (including phenoxy) is 1. The Bertz CT molecular complexity index is 908. The molecule has 0 aliphatic heterocycles. The first-order valence-corrected chi connectivity index (χ1v) is 11.6.